The molecule has 3 heterocycles. The third kappa shape index (κ3) is 3.95. The molecule has 2 aromatic rings. The minimum atomic E-state index is -0.585. The van der Waals surface area contributed by atoms with Crippen LogP contribution in [0.4, 0.5) is 10.5 Å². The van der Waals surface area contributed by atoms with Gasteiger partial charge in [-0.15, -0.1) is 10.2 Å². The average Bonchev–Trinajstić information content (AvgIpc) is 3.22. The Bertz CT molecular complexity index is 1070. The highest BCUT2D eigenvalue weighted by Crippen LogP contribution is 2.55. The van der Waals surface area contributed by atoms with Crippen LogP contribution in [0.15, 0.2) is 32.6 Å². The van der Waals surface area contributed by atoms with Crippen LogP contribution in [0.3, 0.4) is 0 Å². The zero-order chi connectivity index (χ0) is 22.9. The first-order chi connectivity index (χ1) is 15.4. The van der Waals surface area contributed by atoms with Gasteiger partial charge in [-0.05, 0) is 44.0 Å². The number of fused-ring (bicyclic) bond motifs is 2. The molecular weight excluding hydrogens is 432 g/mol. The van der Waals surface area contributed by atoms with E-state index < -0.39 is 5.54 Å². The van der Waals surface area contributed by atoms with Gasteiger partial charge in [0.1, 0.15) is 17.7 Å². The largest absolute Gasteiger partial charge is 0.421 e. The van der Waals surface area contributed by atoms with E-state index >= 15 is 0 Å². The second-order valence-electron chi connectivity index (χ2n) is 8.35. The number of nitrogens with two attached hydrogens (primary N) is 1. The van der Waals surface area contributed by atoms with Gasteiger partial charge in [0.15, 0.2) is 0 Å². The van der Waals surface area contributed by atoms with Gasteiger partial charge in [0.2, 0.25) is 11.8 Å². The maximum Gasteiger partial charge on any atom is 0.323 e. The Hall–Kier alpha value is -2.98. The summed E-state index contributed by atoms with van der Waals surface area (Å²) in [7, 11) is 3.41. The van der Waals surface area contributed by atoms with Crippen molar-refractivity contribution >= 4 is 35.5 Å². The van der Waals surface area contributed by atoms with E-state index in [0.29, 0.717) is 40.5 Å². The molecule has 2 amide bonds. The van der Waals surface area contributed by atoms with Crippen molar-refractivity contribution in [1.82, 2.24) is 20.4 Å². The number of piperidine rings is 1. The van der Waals surface area contributed by atoms with E-state index in [1.54, 1.807) is 25.2 Å². The fourth-order valence-electron chi connectivity index (χ4n) is 4.79. The normalized spacial score (nSPS) is 25.1. The van der Waals surface area contributed by atoms with Gasteiger partial charge in [-0.25, -0.2) is 9.79 Å². The van der Waals surface area contributed by atoms with Gasteiger partial charge < -0.3 is 25.7 Å². The smallest absolute Gasteiger partial charge is 0.323 e. The van der Waals surface area contributed by atoms with Crippen molar-refractivity contribution in [3.8, 4) is 0 Å². The summed E-state index contributed by atoms with van der Waals surface area (Å²) in [5.41, 5.74) is 6.51. The van der Waals surface area contributed by atoms with Gasteiger partial charge in [-0.3, -0.25) is 4.99 Å². The first kappa shape index (κ1) is 22.2. The molecule has 0 aliphatic carbocycles. The lowest BCUT2D eigenvalue weighted by atomic mass is 9.64. The van der Waals surface area contributed by atoms with Crippen LogP contribution < -0.4 is 16.4 Å². The van der Waals surface area contributed by atoms with Crippen molar-refractivity contribution in [1.29, 1.82) is 0 Å². The van der Waals surface area contributed by atoms with Crippen molar-refractivity contribution in [3.05, 3.63) is 40.6 Å². The molecule has 0 spiro atoms. The molecule has 1 aromatic heterocycles. The fourth-order valence-corrected chi connectivity index (χ4v) is 5.00. The molecule has 2 saturated heterocycles. The molecule has 0 saturated carbocycles. The summed E-state index contributed by atoms with van der Waals surface area (Å²) in [6, 6.07) is 5.01. The van der Waals surface area contributed by atoms with Crippen LogP contribution in [0.2, 0.25) is 5.02 Å². The second-order valence-corrected chi connectivity index (χ2v) is 8.76. The number of halogens is 1. The molecule has 2 fully saturated rings. The quantitative estimate of drug-likeness (QED) is 0.450. The van der Waals surface area contributed by atoms with Crippen LogP contribution in [0, 0.1) is 5.92 Å². The van der Waals surface area contributed by atoms with Crippen molar-refractivity contribution in [2.45, 2.75) is 44.3 Å². The van der Waals surface area contributed by atoms with Crippen LogP contribution in [0.25, 0.3) is 0 Å². The predicted octanol–water partition coefficient (Wildman–Crippen LogP) is 2.74. The number of amides is 2. The molecule has 11 heteroatoms. The van der Waals surface area contributed by atoms with Crippen molar-refractivity contribution in [3.63, 3.8) is 0 Å². The summed E-state index contributed by atoms with van der Waals surface area (Å²) in [5.74, 6) is 1.67. The van der Waals surface area contributed by atoms with Crippen LogP contribution in [0.1, 0.15) is 43.5 Å². The average molecular weight is 459 g/mol. The number of nitrogens with zero attached hydrogens (tertiary/aromatic N) is 5. The predicted molar refractivity (Wildman–Crippen MR) is 123 cm³/mol. The summed E-state index contributed by atoms with van der Waals surface area (Å²) in [6.45, 7) is 2.67. The number of aliphatic imine (C=N–C) groups is 2. The molecule has 2 unspecified atom stereocenters. The van der Waals surface area contributed by atoms with Crippen LogP contribution in [0.5, 0.6) is 0 Å². The first-order valence-electron chi connectivity index (χ1n) is 10.5. The minimum absolute atomic E-state index is 0.123. The van der Waals surface area contributed by atoms with E-state index in [9.17, 15) is 4.79 Å². The number of aromatic nitrogens is 2. The minimum Gasteiger partial charge on any atom is -0.421 e. The first-order valence-corrected chi connectivity index (χ1v) is 10.9. The fraction of sp³-hybridized carbons (Fsp3) is 0.476. The molecule has 4 N–H and O–H groups in total. The summed E-state index contributed by atoms with van der Waals surface area (Å²) >= 11 is 6.27. The number of benzene rings is 1. The lowest BCUT2D eigenvalue weighted by Crippen LogP contribution is -2.70. The number of amidine groups is 1. The number of hydrogen-bond donors (Lipinski definition) is 3. The number of carbonyl (C=O) groups is 1. The molecule has 170 valence electrons. The number of urea groups is 1. The van der Waals surface area contributed by atoms with E-state index in [1.165, 1.54) is 6.34 Å². The van der Waals surface area contributed by atoms with Gasteiger partial charge in [0, 0.05) is 30.8 Å². The highest BCUT2D eigenvalue weighted by Gasteiger charge is 2.62. The third-order valence-corrected chi connectivity index (χ3v) is 6.31. The van der Waals surface area contributed by atoms with Crippen LogP contribution >= 0.6 is 11.6 Å². The summed E-state index contributed by atoms with van der Waals surface area (Å²) in [5, 5.41) is 14.8. The number of hydrogen-bond acceptors (Lipinski definition) is 6. The van der Waals surface area contributed by atoms with Gasteiger partial charge in [-0.1, -0.05) is 18.5 Å². The monoisotopic (exact) mass is 458 g/mol. The Kier molecular flexibility index (Phi) is 6.16. The second kappa shape index (κ2) is 8.87. The highest BCUT2D eigenvalue weighted by atomic mass is 35.5. The molecule has 4 rings (SSSR count). The zero-order valence-electron chi connectivity index (χ0n) is 18.3. The number of nitrogens with one attached hydrogen (secondary N) is 2. The van der Waals surface area contributed by atoms with E-state index in [4.69, 9.17) is 21.8 Å². The van der Waals surface area contributed by atoms with Gasteiger partial charge >= 0.3 is 6.03 Å². The summed E-state index contributed by atoms with van der Waals surface area (Å²) < 4.78 is 5.92. The van der Waals surface area contributed by atoms with Crippen molar-refractivity contribution in [2.75, 3.05) is 19.4 Å². The SMILES string of the molecule is CN=CN=C(N)c1cc(NC(=O)N2[C@@H]3CC(C)CC2(c2nnc(CNC)o2)C3)ccc1Cl. The van der Waals surface area contributed by atoms with Gasteiger partial charge in [0.05, 0.1) is 11.6 Å². The van der Waals surface area contributed by atoms with Gasteiger partial charge in [-0.2, -0.15) is 0 Å². The molecule has 2 aliphatic rings. The Morgan fingerprint density at radius 1 is 1.44 bits per heavy atom. The molecule has 1 aromatic carbocycles. The number of carbonyl (C=O) groups excluding carboxylic acids is 1. The van der Waals surface area contributed by atoms with Crippen LogP contribution in [-0.2, 0) is 12.1 Å². The lowest BCUT2D eigenvalue weighted by molar-refractivity contribution is -0.110. The Morgan fingerprint density at radius 2 is 2.25 bits per heavy atom. The third-order valence-electron chi connectivity index (χ3n) is 5.98. The van der Waals surface area contributed by atoms with Gasteiger partial charge in [0.25, 0.3) is 0 Å². The lowest BCUT2D eigenvalue weighted by Gasteiger charge is -2.61. The number of rotatable bonds is 6. The Morgan fingerprint density at radius 3 is 3.00 bits per heavy atom. The molecule has 2 bridgehead atoms. The zero-order valence-corrected chi connectivity index (χ0v) is 19.1. The maximum atomic E-state index is 13.4. The maximum absolute atomic E-state index is 13.4. The van der Waals surface area contributed by atoms with E-state index in [0.717, 1.165) is 19.3 Å². The van der Waals surface area contributed by atoms with Crippen LogP contribution in [-0.4, -0.2) is 53.4 Å². The standard InChI is InChI=1S/C21H27ClN8O2/c1-12-6-14-9-21(8-12,19-29-28-17(32-19)10-24-2)30(14)20(31)27-13-4-5-16(22)15(7-13)18(23)26-11-25-3/h4-5,7,11-12,14,24H,6,8-10H2,1-3H3,(H,27,31)(H2,23,25,26)/t12?,14-,21?/m1/s1. The molecule has 32 heavy (non-hydrogen) atoms. The topological polar surface area (TPSA) is 134 Å². The van der Waals surface area contributed by atoms with E-state index in [1.807, 2.05) is 11.9 Å². The Balaban J connectivity index is 1.58. The molecule has 2 aliphatic heterocycles. The van der Waals surface area contributed by atoms with E-state index in [2.05, 4.69) is 37.7 Å². The van der Waals surface area contributed by atoms with Crippen molar-refractivity contribution in [2.24, 2.45) is 21.6 Å². The summed E-state index contributed by atoms with van der Waals surface area (Å²) in [6.07, 6.45) is 3.87. The molecule has 0 radical (unpaired) electrons. The Labute approximate surface area is 191 Å². The molecule has 3 atom stereocenters. The molecular formula is C21H27ClN8O2. The number of anilines is 1. The summed E-state index contributed by atoms with van der Waals surface area (Å²) in [4.78, 5) is 23.0. The van der Waals surface area contributed by atoms with E-state index in [-0.39, 0.29) is 17.9 Å². The molecule has 10 nitrogen and oxygen atoms in total. The van der Waals surface area contributed by atoms with Crippen molar-refractivity contribution < 1.29 is 9.21 Å². The highest BCUT2D eigenvalue weighted by molar-refractivity contribution is 6.34.